The third-order valence-corrected chi connectivity index (χ3v) is 2.57. The fourth-order valence-electron chi connectivity index (χ4n) is 1.79. The van der Waals surface area contributed by atoms with Crippen molar-refractivity contribution in [2.75, 3.05) is 0 Å². The maximum Gasteiger partial charge on any atom is 0.188 e. The number of carbonyl (C=O) groups is 1. The molecule has 0 heterocycles. The first-order valence-corrected chi connectivity index (χ1v) is 4.60. The first-order chi connectivity index (χ1) is 6.33. The Balaban J connectivity index is 2.51. The molecule has 1 aliphatic rings. The lowest BCUT2D eigenvalue weighted by atomic mass is 9.87. The summed E-state index contributed by atoms with van der Waals surface area (Å²) in [5, 5.41) is 0. The molecule has 1 aromatic rings. The molecule has 1 aliphatic carbocycles. The molecule has 13 heavy (non-hydrogen) atoms. The summed E-state index contributed by atoms with van der Waals surface area (Å²) >= 11 is 0. The second-order valence-electron chi connectivity index (χ2n) is 3.30. The number of carbonyl (C=O) groups excluding carboxylic acids is 1. The zero-order chi connectivity index (χ0) is 9.26. The van der Waals surface area contributed by atoms with E-state index in [9.17, 15) is 4.79 Å². The van der Waals surface area contributed by atoms with Gasteiger partial charge in [-0.1, -0.05) is 30.3 Å². The summed E-state index contributed by atoms with van der Waals surface area (Å²) in [6.45, 7) is 1.93. The van der Waals surface area contributed by atoms with Crippen molar-refractivity contribution in [2.45, 2.75) is 19.8 Å². The van der Waals surface area contributed by atoms with Gasteiger partial charge < -0.3 is 0 Å². The highest BCUT2D eigenvalue weighted by molar-refractivity contribution is 6.10. The number of hydrogen-bond acceptors (Lipinski definition) is 1. The van der Waals surface area contributed by atoms with Crippen LogP contribution in [0.1, 0.15) is 29.3 Å². The van der Waals surface area contributed by atoms with Crippen molar-refractivity contribution in [3.8, 4) is 0 Å². The van der Waals surface area contributed by atoms with Crippen LogP contribution in [-0.2, 0) is 6.42 Å². The average Bonchev–Trinajstić information content (AvgIpc) is 2.19. The third-order valence-electron chi connectivity index (χ3n) is 2.57. The SMILES string of the molecule is C/C=C1/CCc2ccccc2C1=O. The van der Waals surface area contributed by atoms with Crippen molar-refractivity contribution in [2.24, 2.45) is 0 Å². The Kier molecular flexibility index (Phi) is 2.01. The quantitative estimate of drug-likeness (QED) is 0.550. The van der Waals surface area contributed by atoms with E-state index in [0.717, 1.165) is 24.0 Å². The molecule has 0 saturated carbocycles. The highest BCUT2D eigenvalue weighted by atomic mass is 16.1. The second-order valence-corrected chi connectivity index (χ2v) is 3.30. The molecule has 0 bridgehead atoms. The van der Waals surface area contributed by atoms with Gasteiger partial charge in [0.05, 0.1) is 0 Å². The van der Waals surface area contributed by atoms with Gasteiger partial charge in [-0.25, -0.2) is 0 Å². The number of allylic oxidation sites excluding steroid dienone is 2. The summed E-state index contributed by atoms with van der Waals surface area (Å²) in [7, 11) is 0. The van der Waals surface area contributed by atoms with Crippen molar-refractivity contribution in [3.63, 3.8) is 0 Å². The van der Waals surface area contributed by atoms with E-state index in [1.165, 1.54) is 5.56 Å². The third kappa shape index (κ3) is 1.31. The number of benzene rings is 1. The lowest BCUT2D eigenvalue weighted by Gasteiger charge is -2.16. The minimum absolute atomic E-state index is 0.212. The predicted octanol–water partition coefficient (Wildman–Crippen LogP) is 2.76. The van der Waals surface area contributed by atoms with Crippen LogP contribution in [0.5, 0.6) is 0 Å². The Hall–Kier alpha value is -1.37. The lowest BCUT2D eigenvalue weighted by molar-refractivity contribution is 0.102. The van der Waals surface area contributed by atoms with Crippen LogP contribution < -0.4 is 0 Å². The molecule has 0 spiro atoms. The summed E-state index contributed by atoms with van der Waals surface area (Å²) in [4.78, 5) is 11.8. The van der Waals surface area contributed by atoms with E-state index in [4.69, 9.17) is 0 Å². The fraction of sp³-hybridized carbons (Fsp3) is 0.250. The number of fused-ring (bicyclic) bond motifs is 1. The van der Waals surface area contributed by atoms with Crippen LogP contribution in [0.2, 0.25) is 0 Å². The van der Waals surface area contributed by atoms with Gasteiger partial charge in [-0.15, -0.1) is 0 Å². The Morgan fingerprint density at radius 2 is 2.00 bits per heavy atom. The van der Waals surface area contributed by atoms with Crippen LogP contribution >= 0.6 is 0 Å². The molecule has 0 radical (unpaired) electrons. The van der Waals surface area contributed by atoms with E-state index in [1.54, 1.807) is 0 Å². The summed E-state index contributed by atoms with van der Waals surface area (Å²) in [5.41, 5.74) is 3.04. The number of aryl methyl sites for hydroxylation is 1. The second kappa shape index (κ2) is 3.17. The van der Waals surface area contributed by atoms with Crippen LogP contribution in [-0.4, -0.2) is 5.78 Å². The van der Waals surface area contributed by atoms with Gasteiger partial charge in [0.2, 0.25) is 0 Å². The molecule has 0 aliphatic heterocycles. The Morgan fingerprint density at radius 3 is 2.77 bits per heavy atom. The minimum atomic E-state index is 0.212. The highest BCUT2D eigenvalue weighted by Gasteiger charge is 2.19. The number of rotatable bonds is 0. The summed E-state index contributed by atoms with van der Waals surface area (Å²) in [6, 6.07) is 7.88. The van der Waals surface area contributed by atoms with Gasteiger partial charge in [-0.2, -0.15) is 0 Å². The molecule has 1 nitrogen and oxygen atoms in total. The number of hydrogen-bond donors (Lipinski definition) is 0. The van der Waals surface area contributed by atoms with E-state index in [2.05, 4.69) is 0 Å². The van der Waals surface area contributed by atoms with Crippen LogP contribution in [0.15, 0.2) is 35.9 Å². The first-order valence-electron chi connectivity index (χ1n) is 4.60. The Labute approximate surface area is 78.1 Å². The molecule has 1 aromatic carbocycles. The van der Waals surface area contributed by atoms with Crippen molar-refractivity contribution in [3.05, 3.63) is 47.0 Å². The van der Waals surface area contributed by atoms with Gasteiger partial charge in [0.1, 0.15) is 0 Å². The first kappa shape index (κ1) is 8.24. The average molecular weight is 172 g/mol. The van der Waals surface area contributed by atoms with Gasteiger partial charge in [-0.05, 0) is 30.9 Å². The molecule has 0 unspecified atom stereocenters. The van der Waals surface area contributed by atoms with Crippen LogP contribution in [0.25, 0.3) is 0 Å². The summed E-state index contributed by atoms with van der Waals surface area (Å²) in [6.07, 6.45) is 3.83. The summed E-state index contributed by atoms with van der Waals surface area (Å²) < 4.78 is 0. The largest absolute Gasteiger partial charge is 0.289 e. The normalized spacial score (nSPS) is 18.8. The van der Waals surface area contributed by atoms with Gasteiger partial charge in [0.25, 0.3) is 0 Å². The molecule has 2 rings (SSSR count). The molecule has 0 saturated heterocycles. The fourth-order valence-corrected chi connectivity index (χ4v) is 1.79. The predicted molar refractivity (Wildman–Crippen MR) is 52.9 cm³/mol. The molecule has 0 fully saturated rings. The molecule has 0 N–H and O–H groups in total. The molecule has 0 atom stereocenters. The standard InChI is InChI=1S/C12H12O/c1-2-9-7-8-10-5-3-4-6-11(10)12(9)13/h2-6H,7-8H2,1H3/b9-2-. The Bertz CT molecular complexity index is 374. The van der Waals surface area contributed by atoms with Gasteiger partial charge in [0, 0.05) is 5.56 Å². The summed E-state index contributed by atoms with van der Waals surface area (Å²) in [5.74, 6) is 0.212. The van der Waals surface area contributed by atoms with Gasteiger partial charge in [0.15, 0.2) is 5.78 Å². The molecule has 0 amide bonds. The number of ketones is 1. The van der Waals surface area contributed by atoms with E-state index in [1.807, 2.05) is 37.3 Å². The van der Waals surface area contributed by atoms with E-state index in [-0.39, 0.29) is 5.78 Å². The van der Waals surface area contributed by atoms with Crippen LogP contribution in [0, 0.1) is 0 Å². The zero-order valence-electron chi connectivity index (χ0n) is 7.71. The highest BCUT2D eigenvalue weighted by Crippen LogP contribution is 2.24. The topological polar surface area (TPSA) is 17.1 Å². The number of Topliss-reactive ketones (excluding diaryl/α,β-unsaturated/α-hetero) is 1. The van der Waals surface area contributed by atoms with Gasteiger partial charge in [-0.3, -0.25) is 4.79 Å². The maximum absolute atomic E-state index is 11.8. The smallest absolute Gasteiger partial charge is 0.188 e. The van der Waals surface area contributed by atoms with E-state index < -0.39 is 0 Å². The minimum Gasteiger partial charge on any atom is -0.289 e. The Morgan fingerprint density at radius 1 is 1.23 bits per heavy atom. The maximum atomic E-state index is 11.8. The zero-order valence-corrected chi connectivity index (χ0v) is 7.71. The van der Waals surface area contributed by atoms with Crippen LogP contribution in [0.4, 0.5) is 0 Å². The van der Waals surface area contributed by atoms with E-state index in [0.29, 0.717) is 0 Å². The van der Waals surface area contributed by atoms with Crippen molar-refractivity contribution < 1.29 is 4.79 Å². The van der Waals surface area contributed by atoms with Crippen LogP contribution in [0.3, 0.4) is 0 Å². The lowest BCUT2D eigenvalue weighted by Crippen LogP contribution is -2.13. The van der Waals surface area contributed by atoms with Crippen molar-refractivity contribution in [1.29, 1.82) is 0 Å². The monoisotopic (exact) mass is 172 g/mol. The van der Waals surface area contributed by atoms with E-state index >= 15 is 0 Å². The van der Waals surface area contributed by atoms with Gasteiger partial charge >= 0.3 is 0 Å². The molecule has 0 aromatic heterocycles. The molecular formula is C12H12O. The van der Waals surface area contributed by atoms with Crippen molar-refractivity contribution in [1.82, 2.24) is 0 Å². The molecule has 66 valence electrons. The molecule has 1 heteroatoms. The molecular weight excluding hydrogens is 160 g/mol. The van der Waals surface area contributed by atoms with Crippen molar-refractivity contribution >= 4 is 5.78 Å².